The summed E-state index contributed by atoms with van der Waals surface area (Å²) in [4.78, 5) is 13.9. The average Bonchev–Trinajstić information content (AvgIpc) is 2.39. The number of ether oxygens (including phenoxy) is 1. The van der Waals surface area contributed by atoms with Crippen LogP contribution in [-0.2, 0) is 4.74 Å². The second kappa shape index (κ2) is 6.62. The zero-order chi connectivity index (χ0) is 13.8. The fraction of sp³-hybridized carbons (Fsp3) is 0.462. The van der Waals surface area contributed by atoms with Crippen LogP contribution in [0.3, 0.4) is 0 Å². The zero-order valence-electron chi connectivity index (χ0n) is 10.7. The molecule has 0 saturated carbocycles. The molecule has 0 radical (unpaired) electrons. The van der Waals surface area contributed by atoms with Gasteiger partial charge < -0.3 is 15.0 Å². The van der Waals surface area contributed by atoms with E-state index in [0.29, 0.717) is 22.3 Å². The first kappa shape index (κ1) is 14.7. The Bertz CT molecular complexity index is 464. The third kappa shape index (κ3) is 3.87. The van der Waals surface area contributed by atoms with E-state index in [1.165, 1.54) is 18.2 Å². The Morgan fingerprint density at radius 1 is 1.63 bits per heavy atom. The van der Waals surface area contributed by atoms with Gasteiger partial charge in [-0.05, 0) is 40.8 Å². The number of carbonyl (C=O) groups is 1. The summed E-state index contributed by atoms with van der Waals surface area (Å²) in [6.45, 7) is 2.79. The number of nitrogens with one attached hydrogen (secondary N) is 1. The fourth-order valence-corrected chi connectivity index (χ4v) is 2.70. The van der Waals surface area contributed by atoms with E-state index in [0.717, 1.165) is 13.1 Å². The molecule has 0 bridgehead atoms. The Balaban J connectivity index is 2.01. The van der Waals surface area contributed by atoms with Gasteiger partial charge in [-0.15, -0.1) is 0 Å². The van der Waals surface area contributed by atoms with Crippen molar-refractivity contribution in [2.75, 3.05) is 33.3 Å². The Hall–Kier alpha value is -0.730. The van der Waals surface area contributed by atoms with Gasteiger partial charge in [0.05, 0.1) is 18.3 Å². The molecule has 6 heteroatoms. The lowest BCUT2D eigenvalue weighted by molar-refractivity contribution is 0.0103. The van der Waals surface area contributed by atoms with Crippen molar-refractivity contribution in [1.29, 1.82) is 0 Å². The number of benzene rings is 1. The zero-order valence-corrected chi connectivity index (χ0v) is 12.8. The topological polar surface area (TPSA) is 41.6 Å². The van der Waals surface area contributed by atoms with Crippen molar-refractivity contribution in [3.8, 4) is 0 Å². The summed E-state index contributed by atoms with van der Waals surface area (Å²) in [7, 11) is 1.74. The maximum absolute atomic E-state index is 13.0. The maximum Gasteiger partial charge on any atom is 0.254 e. The summed E-state index contributed by atoms with van der Waals surface area (Å²) in [6, 6.07) is 4.19. The van der Waals surface area contributed by atoms with Crippen molar-refractivity contribution in [1.82, 2.24) is 10.2 Å². The third-order valence-corrected chi connectivity index (χ3v) is 3.88. The molecule has 1 amide bonds. The van der Waals surface area contributed by atoms with Crippen LogP contribution < -0.4 is 5.32 Å². The second-order valence-corrected chi connectivity index (χ2v) is 5.67. The second-order valence-electron chi connectivity index (χ2n) is 4.51. The average molecular weight is 378 g/mol. The SMILES string of the molecule is CN(CC1CNCCO1)C(=O)c1ccc(F)cc1I. The number of amides is 1. The number of rotatable bonds is 3. The minimum absolute atomic E-state index is 0.0146. The largest absolute Gasteiger partial charge is 0.374 e. The van der Waals surface area contributed by atoms with Gasteiger partial charge in [-0.2, -0.15) is 0 Å². The van der Waals surface area contributed by atoms with E-state index in [1.54, 1.807) is 11.9 Å². The lowest BCUT2D eigenvalue weighted by atomic mass is 10.2. The van der Waals surface area contributed by atoms with Gasteiger partial charge in [-0.25, -0.2) is 4.39 Å². The number of hydrogen-bond donors (Lipinski definition) is 1. The summed E-state index contributed by atoms with van der Waals surface area (Å²) in [5.74, 6) is -0.443. The van der Waals surface area contributed by atoms with Crippen molar-refractivity contribution >= 4 is 28.5 Å². The molecule has 1 saturated heterocycles. The van der Waals surface area contributed by atoms with Gasteiger partial charge in [-0.3, -0.25) is 4.79 Å². The van der Waals surface area contributed by atoms with Crippen molar-refractivity contribution < 1.29 is 13.9 Å². The van der Waals surface area contributed by atoms with Crippen LogP contribution in [0.2, 0.25) is 0 Å². The Morgan fingerprint density at radius 3 is 3.05 bits per heavy atom. The van der Waals surface area contributed by atoms with Gasteiger partial charge in [0.25, 0.3) is 5.91 Å². The van der Waals surface area contributed by atoms with E-state index in [4.69, 9.17) is 4.74 Å². The maximum atomic E-state index is 13.0. The van der Waals surface area contributed by atoms with Crippen LogP contribution in [0.1, 0.15) is 10.4 Å². The van der Waals surface area contributed by atoms with Gasteiger partial charge in [0.15, 0.2) is 0 Å². The molecular weight excluding hydrogens is 362 g/mol. The third-order valence-electron chi connectivity index (χ3n) is 2.99. The summed E-state index contributed by atoms with van der Waals surface area (Å²) in [6.07, 6.45) is 0.0146. The molecule has 1 heterocycles. The predicted molar refractivity (Wildman–Crippen MR) is 78.7 cm³/mol. The van der Waals surface area contributed by atoms with Gasteiger partial charge in [0, 0.05) is 30.3 Å². The molecule has 0 aromatic heterocycles. The first-order valence-corrected chi connectivity index (χ1v) is 7.18. The first-order valence-electron chi connectivity index (χ1n) is 6.11. The van der Waals surface area contributed by atoms with Crippen LogP contribution in [-0.4, -0.2) is 50.2 Å². The van der Waals surface area contributed by atoms with Gasteiger partial charge in [0.2, 0.25) is 0 Å². The van der Waals surface area contributed by atoms with Crippen molar-refractivity contribution in [3.05, 3.63) is 33.1 Å². The number of nitrogens with zero attached hydrogens (tertiary/aromatic N) is 1. The minimum Gasteiger partial charge on any atom is -0.374 e. The van der Waals surface area contributed by atoms with E-state index in [-0.39, 0.29) is 17.8 Å². The Kier molecular flexibility index (Phi) is 5.12. The number of carbonyl (C=O) groups excluding carboxylic acids is 1. The van der Waals surface area contributed by atoms with E-state index in [2.05, 4.69) is 5.32 Å². The predicted octanol–water partition coefficient (Wildman–Crippen LogP) is 1.49. The van der Waals surface area contributed by atoms with Crippen LogP contribution in [0.5, 0.6) is 0 Å². The molecule has 2 rings (SSSR count). The number of hydrogen-bond acceptors (Lipinski definition) is 3. The molecule has 1 aromatic rings. The van der Waals surface area contributed by atoms with Crippen LogP contribution in [0, 0.1) is 9.39 Å². The molecule has 1 aliphatic heterocycles. The molecule has 1 N–H and O–H groups in total. The highest BCUT2D eigenvalue weighted by Crippen LogP contribution is 2.16. The molecule has 0 spiro atoms. The lowest BCUT2D eigenvalue weighted by Crippen LogP contribution is -2.45. The molecule has 1 unspecified atom stereocenters. The molecule has 19 heavy (non-hydrogen) atoms. The minimum atomic E-state index is -0.330. The van der Waals surface area contributed by atoms with E-state index in [9.17, 15) is 9.18 Å². The Labute approximate surface area is 125 Å². The number of morpholine rings is 1. The standard InChI is InChI=1S/C13H16FIN2O2/c1-17(8-10-7-16-4-5-19-10)13(18)11-3-2-9(14)6-12(11)15/h2-3,6,10,16H,4-5,7-8H2,1H3. The smallest absolute Gasteiger partial charge is 0.254 e. The summed E-state index contributed by atoms with van der Waals surface area (Å²) in [5, 5.41) is 3.22. The Morgan fingerprint density at radius 2 is 2.42 bits per heavy atom. The molecule has 104 valence electrons. The van der Waals surface area contributed by atoms with Crippen LogP contribution in [0.25, 0.3) is 0 Å². The monoisotopic (exact) mass is 378 g/mol. The highest BCUT2D eigenvalue weighted by molar-refractivity contribution is 14.1. The molecule has 1 aliphatic rings. The van der Waals surface area contributed by atoms with E-state index >= 15 is 0 Å². The quantitative estimate of drug-likeness (QED) is 0.811. The van der Waals surface area contributed by atoms with Crippen LogP contribution >= 0.6 is 22.6 Å². The van der Waals surface area contributed by atoms with Crippen LogP contribution in [0.4, 0.5) is 4.39 Å². The van der Waals surface area contributed by atoms with Gasteiger partial charge in [0.1, 0.15) is 5.82 Å². The summed E-state index contributed by atoms with van der Waals surface area (Å²) in [5.41, 5.74) is 0.522. The highest BCUT2D eigenvalue weighted by atomic mass is 127. The first-order chi connectivity index (χ1) is 9.08. The van der Waals surface area contributed by atoms with Crippen LogP contribution in [0.15, 0.2) is 18.2 Å². The molecular formula is C13H16FIN2O2. The lowest BCUT2D eigenvalue weighted by Gasteiger charge is -2.28. The highest BCUT2D eigenvalue weighted by Gasteiger charge is 2.20. The van der Waals surface area contributed by atoms with Crippen molar-refractivity contribution in [2.24, 2.45) is 0 Å². The van der Waals surface area contributed by atoms with E-state index in [1.807, 2.05) is 22.6 Å². The van der Waals surface area contributed by atoms with Gasteiger partial charge >= 0.3 is 0 Å². The molecule has 1 fully saturated rings. The number of halogens is 2. The number of likely N-dealkylation sites (N-methyl/N-ethyl adjacent to an activating group) is 1. The fourth-order valence-electron chi connectivity index (χ4n) is 1.99. The summed E-state index contributed by atoms with van der Waals surface area (Å²) < 4.78 is 19.2. The van der Waals surface area contributed by atoms with Crippen molar-refractivity contribution in [3.63, 3.8) is 0 Å². The normalized spacial score (nSPS) is 19.2. The molecule has 4 nitrogen and oxygen atoms in total. The van der Waals surface area contributed by atoms with E-state index < -0.39 is 0 Å². The molecule has 1 atom stereocenters. The molecule has 0 aliphatic carbocycles. The van der Waals surface area contributed by atoms with Crippen molar-refractivity contribution in [2.45, 2.75) is 6.10 Å². The molecule has 1 aromatic carbocycles. The summed E-state index contributed by atoms with van der Waals surface area (Å²) >= 11 is 1.97. The van der Waals surface area contributed by atoms with Gasteiger partial charge in [-0.1, -0.05) is 0 Å².